The summed E-state index contributed by atoms with van der Waals surface area (Å²) in [6, 6.07) is 0.159. The lowest BCUT2D eigenvalue weighted by atomic mass is 10.2. The maximum atomic E-state index is 9.38. The van der Waals surface area contributed by atoms with Crippen molar-refractivity contribution in [3.63, 3.8) is 0 Å². The van der Waals surface area contributed by atoms with Gasteiger partial charge < -0.3 is 14.3 Å². The predicted molar refractivity (Wildman–Crippen MR) is 65.2 cm³/mol. The van der Waals surface area contributed by atoms with E-state index in [2.05, 4.69) is 9.88 Å². The van der Waals surface area contributed by atoms with Crippen LogP contribution in [0.15, 0.2) is 10.6 Å². The molecule has 2 heterocycles. The third-order valence-electron chi connectivity index (χ3n) is 3.92. The SMILES string of the molecule is CO[C@@H]1C[C@@H](CO)N(Cc2ncc(C3CC3)o2)C1. The van der Waals surface area contributed by atoms with Crippen molar-refractivity contribution in [2.75, 3.05) is 20.3 Å². The van der Waals surface area contributed by atoms with Crippen molar-refractivity contribution in [3.8, 4) is 0 Å². The van der Waals surface area contributed by atoms with Gasteiger partial charge in [-0.2, -0.15) is 0 Å². The Morgan fingerprint density at radius 1 is 1.56 bits per heavy atom. The number of aliphatic hydroxyl groups excluding tert-OH is 1. The zero-order valence-corrected chi connectivity index (χ0v) is 10.7. The van der Waals surface area contributed by atoms with Gasteiger partial charge in [-0.05, 0) is 19.3 Å². The molecule has 1 saturated heterocycles. The molecule has 0 aromatic carbocycles. The van der Waals surface area contributed by atoms with Crippen LogP contribution >= 0.6 is 0 Å². The smallest absolute Gasteiger partial charge is 0.208 e. The second-order valence-corrected chi connectivity index (χ2v) is 5.29. The molecule has 0 spiro atoms. The van der Waals surface area contributed by atoms with Crippen LogP contribution in [0.1, 0.15) is 36.8 Å². The maximum absolute atomic E-state index is 9.38. The Bertz CT molecular complexity index is 403. The van der Waals surface area contributed by atoms with E-state index in [0.29, 0.717) is 12.5 Å². The summed E-state index contributed by atoms with van der Waals surface area (Å²) < 4.78 is 11.1. The molecule has 2 fully saturated rings. The molecule has 0 unspecified atom stereocenters. The van der Waals surface area contributed by atoms with E-state index in [9.17, 15) is 5.11 Å². The van der Waals surface area contributed by atoms with Gasteiger partial charge in [0.05, 0.1) is 25.5 Å². The van der Waals surface area contributed by atoms with Crippen LogP contribution in [0.3, 0.4) is 0 Å². The topological polar surface area (TPSA) is 58.7 Å². The Hall–Kier alpha value is -0.910. The van der Waals surface area contributed by atoms with E-state index in [1.807, 2.05) is 6.20 Å². The fraction of sp³-hybridized carbons (Fsp3) is 0.769. The Balaban J connectivity index is 1.63. The lowest BCUT2D eigenvalue weighted by Crippen LogP contribution is -2.32. The zero-order valence-electron chi connectivity index (χ0n) is 10.7. The van der Waals surface area contributed by atoms with Crippen LogP contribution in [-0.2, 0) is 11.3 Å². The summed E-state index contributed by atoms with van der Waals surface area (Å²) in [5, 5.41) is 9.38. The van der Waals surface area contributed by atoms with Crippen LogP contribution in [0.25, 0.3) is 0 Å². The van der Waals surface area contributed by atoms with Gasteiger partial charge in [0, 0.05) is 25.6 Å². The van der Waals surface area contributed by atoms with E-state index >= 15 is 0 Å². The molecule has 1 aliphatic carbocycles. The Morgan fingerprint density at radius 2 is 2.39 bits per heavy atom. The van der Waals surface area contributed by atoms with E-state index < -0.39 is 0 Å². The average Bonchev–Trinajstić information content (AvgIpc) is 3.00. The summed E-state index contributed by atoms with van der Waals surface area (Å²) in [4.78, 5) is 6.52. The van der Waals surface area contributed by atoms with Crippen molar-refractivity contribution < 1.29 is 14.3 Å². The van der Waals surface area contributed by atoms with Gasteiger partial charge in [0.1, 0.15) is 5.76 Å². The van der Waals surface area contributed by atoms with E-state index in [4.69, 9.17) is 9.15 Å². The monoisotopic (exact) mass is 252 g/mol. The molecule has 5 heteroatoms. The molecule has 3 rings (SSSR count). The molecular weight excluding hydrogens is 232 g/mol. The number of nitrogens with zero attached hydrogens (tertiary/aromatic N) is 2. The lowest BCUT2D eigenvalue weighted by molar-refractivity contribution is 0.105. The second kappa shape index (κ2) is 4.99. The summed E-state index contributed by atoms with van der Waals surface area (Å²) in [6.45, 7) is 1.66. The van der Waals surface area contributed by atoms with Gasteiger partial charge in [-0.25, -0.2) is 4.98 Å². The first-order chi connectivity index (χ1) is 8.80. The summed E-state index contributed by atoms with van der Waals surface area (Å²) >= 11 is 0. The standard InChI is InChI=1S/C13H20N2O3/c1-17-11-4-10(8-16)15(6-11)7-13-14-5-12(18-13)9-2-3-9/h5,9-11,16H,2-4,6-8H2,1H3/t10-,11+/m0/s1. The molecule has 5 nitrogen and oxygen atoms in total. The maximum Gasteiger partial charge on any atom is 0.208 e. The largest absolute Gasteiger partial charge is 0.444 e. The minimum Gasteiger partial charge on any atom is -0.444 e. The van der Waals surface area contributed by atoms with E-state index in [0.717, 1.165) is 24.6 Å². The van der Waals surface area contributed by atoms with Crippen LogP contribution in [-0.4, -0.2) is 47.4 Å². The second-order valence-electron chi connectivity index (χ2n) is 5.29. The quantitative estimate of drug-likeness (QED) is 0.851. The molecule has 2 aliphatic rings. The predicted octanol–water partition coefficient (Wildman–Crippen LogP) is 1.13. The van der Waals surface area contributed by atoms with Crippen LogP contribution in [0.4, 0.5) is 0 Å². The van der Waals surface area contributed by atoms with Crippen molar-refractivity contribution in [1.29, 1.82) is 0 Å². The Kier molecular flexibility index (Phi) is 3.37. The molecule has 0 radical (unpaired) electrons. The first-order valence-corrected chi connectivity index (χ1v) is 6.62. The molecular formula is C13H20N2O3. The average molecular weight is 252 g/mol. The highest BCUT2D eigenvalue weighted by atomic mass is 16.5. The van der Waals surface area contributed by atoms with Gasteiger partial charge in [0.2, 0.25) is 5.89 Å². The minimum atomic E-state index is 0.159. The van der Waals surface area contributed by atoms with Crippen LogP contribution in [0.5, 0.6) is 0 Å². The number of aliphatic hydroxyl groups is 1. The third-order valence-corrected chi connectivity index (χ3v) is 3.92. The number of methoxy groups -OCH3 is 1. The first-order valence-electron chi connectivity index (χ1n) is 6.62. The van der Waals surface area contributed by atoms with Gasteiger partial charge in [0.25, 0.3) is 0 Å². The Labute approximate surface area is 107 Å². The molecule has 18 heavy (non-hydrogen) atoms. The van der Waals surface area contributed by atoms with E-state index in [-0.39, 0.29) is 18.8 Å². The minimum absolute atomic E-state index is 0.159. The fourth-order valence-electron chi connectivity index (χ4n) is 2.62. The fourth-order valence-corrected chi connectivity index (χ4v) is 2.62. The van der Waals surface area contributed by atoms with Crippen molar-refractivity contribution >= 4 is 0 Å². The number of hydrogen-bond acceptors (Lipinski definition) is 5. The van der Waals surface area contributed by atoms with Crippen molar-refractivity contribution in [1.82, 2.24) is 9.88 Å². The molecule has 1 saturated carbocycles. The van der Waals surface area contributed by atoms with E-state index in [1.54, 1.807) is 7.11 Å². The molecule has 2 atom stereocenters. The number of rotatable bonds is 5. The van der Waals surface area contributed by atoms with Gasteiger partial charge in [-0.15, -0.1) is 0 Å². The lowest BCUT2D eigenvalue weighted by Gasteiger charge is -2.20. The van der Waals surface area contributed by atoms with Gasteiger partial charge in [0.15, 0.2) is 0 Å². The first kappa shape index (κ1) is 12.1. The van der Waals surface area contributed by atoms with Crippen molar-refractivity contribution in [2.24, 2.45) is 0 Å². The van der Waals surface area contributed by atoms with Gasteiger partial charge in [-0.3, -0.25) is 4.90 Å². The number of oxazole rings is 1. The highest BCUT2D eigenvalue weighted by Crippen LogP contribution is 2.40. The highest BCUT2D eigenvalue weighted by molar-refractivity contribution is 5.08. The number of hydrogen-bond donors (Lipinski definition) is 1. The summed E-state index contributed by atoms with van der Waals surface area (Å²) in [5.74, 6) is 2.38. The van der Waals surface area contributed by atoms with Gasteiger partial charge >= 0.3 is 0 Å². The van der Waals surface area contributed by atoms with Crippen LogP contribution in [0.2, 0.25) is 0 Å². The normalized spacial score (nSPS) is 29.0. The molecule has 1 N–H and O–H groups in total. The van der Waals surface area contributed by atoms with Crippen LogP contribution < -0.4 is 0 Å². The summed E-state index contributed by atoms with van der Waals surface area (Å²) in [7, 11) is 1.72. The third kappa shape index (κ3) is 2.43. The summed E-state index contributed by atoms with van der Waals surface area (Å²) in [5.41, 5.74) is 0. The number of likely N-dealkylation sites (tertiary alicyclic amines) is 1. The number of aromatic nitrogens is 1. The van der Waals surface area contributed by atoms with Gasteiger partial charge in [-0.1, -0.05) is 0 Å². The van der Waals surface area contributed by atoms with Crippen molar-refractivity contribution in [2.45, 2.75) is 43.9 Å². The summed E-state index contributed by atoms with van der Waals surface area (Å²) in [6.07, 6.45) is 5.39. The molecule has 0 amide bonds. The highest BCUT2D eigenvalue weighted by Gasteiger charge is 2.33. The van der Waals surface area contributed by atoms with Crippen LogP contribution in [0, 0.1) is 0 Å². The molecule has 1 aliphatic heterocycles. The molecule has 0 bridgehead atoms. The Morgan fingerprint density at radius 3 is 3.06 bits per heavy atom. The van der Waals surface area contributed by atoms with Crippen molar-refractivity contribution in [3.05, 3.63) is 17.8 Å². The molecule has 1 aromatic rings. The van der Waals surface area contributed by atoms with E-state index in [1.165, 1.54) is 12.8 Å². The molecule has 1 aromatic heterocycles. The molecule has 100 valence electrons. The number of ether oxygens (including phenoxy) is 1. The zero-order chi connectivity index (χ0) is 12.5.